The molecular formula is C24H38ClNO3. The second-order valence-corrected chi connectivity index (χ2v) is 8.97. The first-order valence-electron chi connectivity index (χ1n) is 11.5. The van der Waals surface area contributed by atoms with Crippen molar-refractivity contribution in [3.8, 4) is 0 Å². The molecule has 0 saturated heterocycles. The summed E-state index contributed by atoms with van der Waals surface area (Å²) in [6, 6.07) is 5.20. The van der Waals surface area contributed by atoms with E-state index in [4.69, 9.17) is 11.6 Å². The zero-order valence-corrected chi connectivity index (χ0v) is 18.6. The molecule has 0 fully saturated rings. The van der Waals surface area contributed by atoms with E-state index < -0.39 is 17.5 Å². The third-order valence-corrected chi connectivity index (χ3v) is 6.45. The Morgan fingerprint density at radius 2 is 1.59 bits per heavy atom. The van der Waals surface area contributed by atoms with E-state index in [1.807, 2.05) is 0 Å². The fourth-order valence-corrected chi connectivity index (χ4v) is 4.60. The Hall–Kier alpha value is -1.26. The van der Waals surface area contributed by atoms with Crippen molar-refractivity contribution in [1.29, 1.82) is 0 Å². The second-order valence-electron chi connectivity index (χ2n) is 8.54. The van der Waals surface area contributed by atoms with Gasteiger partial charge in [-0.3, -0.25) is 4.79 Å². The fourth-order valence-electron chi connectivity index (χ4n) is 4.43. The van der Waals surface area contributed by atoms with Gasteiger partial charge in [0.05, 0.1) is 5.92 Å². The van der Waals surface area contributed by atoms with Crippen LogP contribution in [0.3, 0.4) is 0 Å². The van der Waals surface area contributed by atoms with Crippen LogP contribution < -0.4 is 5.32 Å². The monoisotopic (exact) mass is 423 g/mol. The number of hydrogen-bond acceptors (Lipinski definition) is 3. The molecule has 5 heteroatoms. The summed E-state index contributed by atoms with van der Waals surface area (Å²) in [6.45, 7) is 2.47. The summed E-state index contributed by atoms with van der Waals surface area (Å²) < 4.78 is 0. The number of anilines is 1. The third kappa shape index (κ3) is 7.18. The number of rotatable bonds is 15. The molecule has 0 radical (unpaired) electrons. The molecule has 0 bridgehead atoms. The summed E-state index contributed by atoms with van der Waals surface area (Å²) in [4.78, 5) is 11.9. The lowest BCUT2D eigenvalue weighted by molar-refractivity contribution is -0.152. The van der Waals surface area contributed by atoms with E-state index in [-0.39, 0.29) is 6.54 Å². The minimum atomic E-state index is -1.37. The van der Waals surface area contributed by atoms with E-state index in [0.29, 0.717) is 17.0 Å². The number of nitrogens with one attached hydrogen (secondary N) is 1. The number of hydrogen-bond donors (Lipinski definition) is 3. The molecule has 3 N–H and O–H groups in total. The maximum Gasteiger partial charge on any atom is 0.309 e. The normalized spacial score (nSPS) is 19.0. The van der Waals surface area contributed by atoms with Crippen LogP contribution in [0.5, 0.6) is 0 Å². The van der Waals surface area contributed by atoms with Crippen molar-refractivity contribution in [3.05, 3.63) is 28.8 Å². The van der Waals surface area contributed by atoms with E-state index in [9.17, 15) is 15.0 Å². The topological polar surface area (TPSA) is 69.6 Å². The Balaban J connectivity index is 1.66. The van der Waals surface area contributed by atoms with Gasteiger partial charge in [-0.15, -0.1) is 0 Å². The molecule has 1 aliphatic heterocycles. The number of halogens is 1. The van der Waals surface area contributed by atoms with E-state index in [1.54, 1.807) is 18.2 Å². The minimum Gasteiger partial charge on any atom is -0.481 e. The summed E-state index contributed by atoms with van der Waals surface area (Å²) in [5.74, 6) is -1.74. The zero-order valence-electron chi connectivity index (χ0n) is 17.9. The van der Waals surface area contributed by atoms with Gasteiger partial charge >= 0.3 is 5.97 Å². The SMILES string of the molecule is CCCCCCCCCCCCCCC(C(=O)O)C1(O)CNc2cc(Cl)ccc21. The van der Waals surface area contributed by atoms with Gasteiger partial charge in [0, 0.05) is 22.8 Å². The van der Waals surface area contributed by atoms with Gasteiger partial charge in [-0.25, -0.2) is 0 Å². The molecule has 0 amide bonds. The summed E-state index contributed by atoms with van der Waals surface area (Å²) in [7, 11) is 0. The van der Waals surface area contributed by atoms with Crippen molar-refractivity contribution in [2.75, 3.05) is 11.9 Å². The van der Waals surface area contributed by atoms with Gasteiger partial charge in [0.25, 0.3) is 0 Å². The van der Waals surface area contributed by atoms with Gasteiger partial charge in [0.1, 0.15) is 5.60 Å². The fraction of sp³-hybridized carbons (Fsp3) is 0.708. The van der Waals surface area contributed by atoms with Crippen molar-refractivity contribution in [3.63, 3.8) is 0 Å². The molecule has 0 spiro atoms. The number of carboxylic acids is 1. The van der Waals surface area contributed by atoms with Crippen LogP contribution in [0.4, 0.5) is 5.69 Å². The van der Waals surface area contributed by atoms with Crippen LogP contribution in [-0.2, 0) is 10.4 Å². The Labute approximate surface area is 181 Å². The molecule has 1 aromatic carbocycles. The Morgan fingerprint density at radius 3 is 2.14 bits per heavy atom. The van der Waals surface area contributed by atoms with Crippen molar-refractivity contribution in [1.82, 2.24) is 0 Å². The number of carboxylic acid groups (broad SMARTS) is 1. The molecule has 2 rings (SSSR count). The van der Waals surface area contributed by atoms with E-state index >= 15 is 0 Å². The highest BCUT2D eigenvalue weighted by Crippen LogP contribution is 2.43. The van der Waals surface area contributed by atoms with Gasteiger partial charge in [-0.1, -0.05) is 102 Å². The number of aliphatic carboxylic acids is 1. The van der Waals surface area contributed by atoms with Gasteiger partial charge in [0.15, 0.2) is 0 Å². The molecule has 2 atom stereocenters. The molecule has 2 unspecified atom stereocenters. The number of unbranched alkanes of at least 4 members (excludes halogenated alkanes) is 11. The summed E-state index contributed by atoms with van der Waals surface area (Å²) in [5, 5.41) is 24.6. The average molecular weight is 424 g/mol. The maximum absolute atomic E-state index is 11.9. The number of aliphatic hydroxyl groups is 1. The summed E-state index contributed by atoms with van der Waals surface area (Å²) >= 11 is 6.01. The lowest BCUT2D eigenvalue weighted by Crippen LogP contribution is -2.41. The van der Waals surface area contributed by atoms with Crippen LogP contribution in [0.25, 0.3) is 0 Å². The molecule has 0 aromatic heterocycles. The van der Waals surface area contributed by atoms with Crippen LogP contribution in [0.2, 0.25) is 5.02 Å². The molecule has 1 heterocycles. The Bertz CT molecular complexity index is 637. The molecule has 1 aliphatic rings. The lowest BCUT2D eigenvalue weighted by Gasteiger charge is -2.30. The first-order chi connectivity index (χ1) is 14.0. The molecule has 0 aliphatic carbocycles. The molecule has 4 nitrogen and oxygen atoms in total. The first-order valence-corrected chi connectivity index (χ1v) is 11.9. The van der Waals surface area contributed by atoms with Crippen LogP contribution in [0.15, 0.2) is 18.2 Å². The number of fused-ring (bicyclic) bond motifs is 1. The van der Waals surface area contributed by atoms with Gasteiger partial charge in [0.2, 0.25) is 0 Å². The summed E-state index contributed by atoms with van der Waals surface area (Å²) in [6.07, 6.45) is 15.4. The minimum absolute atomic E-state index is 0.220. The molecule has 0 saturated carbocycles. The highest BCUT2D eigenvalue weighted by Gasteiger charge is 2.47. The van der Waals surface area contributed by atoms with Crippen molar-refractivity contribution < 1.29 is 15.0 Å². The smallest absolute Gasteiger partial charge is 0.309 e. The second kappa shape index (κ2) is 12.4. The maximum atomic E-state index is 11.9. The van der Waals surface area contributed by atoms with Gasteiger partial charge < -0.3 is 15.5 Å². The van der Waals surface area contributed by atoms with Gasteiger partial charge in [-0.2, -0.15) is 0 Å². The number of carbonyl (C=O) groups is 1. The zero-order chi connectivity index (χ0) is 21.1. The van der Waals surface area contributed by atoms with E-state index in [2.05, 4.69) is 12.2 Å². The Kier molecular flexibility index (Phi) is 10.3. The molecule has 29 heavy (non-hydrogen) atoms. The van der Waals surface area contributed by atoms with Crippen molar-refractivity contribution in [2.45, 2.75) is 96.0 Å². The molecular weight excluding hydrogens is 386 g/mol. The number of β-amino-alcohol motifs (C(OH)–C–C–N with tert-alkyl or cyclic N) is 1. The standard InChI is InChI=1S/C24H38ClNO3/c1-2-3-4-5-6-7-8-9-10-11-12-13-14-21(23(27)28)24(29)18-26-22-17-19(25)15-16-20(22)24/h15-17,21,26,29H,2-14,18H2,1H3,(H,27,28). The van der Waals surface area contributed by atoms with Crippen LogP contribution in [0, 0.1) is 5.92 Å². The highest BCUT2D eigenvalue weighted by atomic mass is 35.5. The predicted octanol–water partition coefficient (Wildman–Crippen LogP) is 6.75. The molecule has 164 valence electrons. The number of benzene rings is 1. The van der Waals surface area contributed by atoms with E-state index in [1.165, 1.54) is 57.8 Å². The highest BCUT2D eigenvalue weighted by molar-refractivity contribution is 6.30. The largest absolute Gasteiger partial charge is 0.481 e. The summed E-state index contributed by atoms with van der Waals surface area (Å²) in [5.41, 5.74) is 0.0120. The average Bonchev–Trinajstić information content (AvgIpc) is 3.01. The predicted molar refractivity (Wildman–Crippen MR) is 121 cm³/mol. The van der Waals surface area contributed by atoms with Crippen LogP contribution >= 0.6 is 11.6 Å². The quantitative estimate of drug-likeness (QED) is 0.273. The van der Waals surface area contributed by atoms with Crippen LogP contribution in [0.1, 0.15) is 96.0 Å². The van der Waals surface area contributed by atoms with Crippen molar-refractivity contribution in [2.24, 2.45) is 5.92 Å². The lowest BCUT2D eigenvalue weighted by atomic mass is 9.79. The van der Waals surface area contributed by atoms with E-state index in [0.717, 1.165) is 24.9 Å². The van der Waals surface area contributed by atoms with Crippen LogP contribution in [-0.4, -0.2) is 22.7 Å². The first kappa shape index (κ1) is 24.0. The van der Waals surface area contributed by atoms with Crippen molar-refractivity contribution >= 4 is 23.3 Å². The third-order valence-electron chi connectivity index (χ3n) is 6.22. The molecule has 1 aromatic rings. The van der Waals surface area contributed by atoms with Gasteiger partial charge in [-0.05, 0) is 18.6 Å². The Morgan fingerprint density at radius 1 is 1.03 bits per heavy atom.